The molecule has 1 aromatic rings. The van der Waals surface area contributed by atoms with Crippen LogP contribution in [0.4, 0.5) is 0 Å². The number of hydrogen-bond donors (Lipinski definition) is 1. The Morgan fingerprint density at radius 3 is 2.69 bits per heavy atom. The van der Waals surface area contributed by atoms with E-state index in [-0.39, 0.29) is 0 Å². The second-order valence-corrected chi connectivity index (χ2v) is 5.86. The summed E-state index contributed by atoms with van der Waals surface area (Å²) in [4.78, 5) is 0. The summed E-state index contributed by atoms with van der Waals surface area (Å²) in [5.41, 5.74) is 1.78. The van der Waals surface area contributed by atoms with Crippen molar-refractivity contribution < 1.29 is 0 Å². The molecule has 2 unspecified atom stereocenters. The van der Waals surface area contributed by atoms with E-state index in [2.05, 4.69) is 38.2 Å². The van der Waals surface area contributed by atoms with E-state index in [0.717, 1.165) is 11.4 Å². The van der Waals surface area contributed by atoms with Gasteiger partial charge in [0, 0.05) is 17.1 Å². The third-order valence-electron chi connectivity index (χ3n) is 3.58. The zero-order valence-corrected chi connectivity index (χ0v) is 11.0. The molecule has 0 radical (unpaired) electrons. The smallest absolute Gasteiger partial charge is 0.0409 e. The lowest BCUT2D eigenvalue weighted by molar-refractivity contribution is 0.461. The average molecular weight is 238 g/mol. The van der Waals surface area contributed by atoms with Crippen LogP contribution >= 0.6 is 11.6 Å². The Morgan fingerprint density at radius 2 is 2.19 bits per heavy atom. The highest BCUT2D eigenvalue weighted by molar-refractivity contribution is 6.30. The van der Waals surface area contributed by atoms with Gasteiger partial charge in [-0.1, -0.05) is 44.5 Å². The summed E-state index contributed by atoms with van der Waals surface area (Å²) in [5.74, 6) is 0. The van der Waals surface area contributed by atoms with Crippen LogP contribution in [-0.2, 0) is 0 Å². The summed E-state index contributed by atoms with van der Waals surface area (Å²) in [6.07, 6.45) is 2.39. The van der Waals surface area contributed by atoms with E-state index in [4.69, 9.17) is 11.6 Å². The Hall–Kier alpha value is -0.530. The van der Waals surface area contributed by atoms with Gasteiger partial charge in [-0.2, -0.15) is 0 Å². The predicted molar refractivity (Wildman–Crippen MR) is 69.8 cm³/mol. The largest absolute Gasteiger partial charge is 0.307 e. The highest BCUT2D eigenvalue weighted by atomic mass is 35.5. The summed E-state index contributed by atoms with van der Waals surface area (Å²) in [6, 6.07) is 9.28. The fraction of sp³-hybridized carbons (Fsp3) is 0.571. The molecule has 1 aromatic carbocycles. The minimum atomic E-state index is 0.436. The van der Waals surface area contributed by atoms with Crippen LogP contribution in [0.1, 0.15) is 45.2 Å². The first-order valence-corrected chi connectivity index (χ1v) is 6.42. The topological polar surface area (TPSA) is 12.0 Å². The Kier molecular flexibility index (Phi) is 3.27. The lowest BCUT2D eigenvalue weighted by atomic mass is 10.0. The molecule has 0 aliphatic heterocycles. The Balaban J connectivity index is 2.05. The summed E-state index contributed by atoms with van der Waals surface area (Å²) >= 11 is 6.03. The third-order valence-corrected chi connectivity index (χ3v) is 3.81. The van der Waals surface area contributed by atoms with Crippen molar-refractivity contribution in [2.24, 2.45) is 5.41 Å². The van der Waals surface area contributed by atoms with Crippen LogP contribution in [0.25, 0.3) is 0 Å². The Morgan fingerprint density at radius 1 is 1.50 bits per heavy atom. The molecule has 0 amide bonds. The Labute approximate surface area is 103 Å². The molecule has 0 heterocycles. The molecule has 0 bridgehead atoms. The minimum Gasteiger partial charge on any atom is -0.307 e. The summed E-state index contributed by atoms with van der Waals surface area (Å²) in [7, 11) is 0. The number of hydrogen-bond acceptors (Lipinski definition) is 1. The lowest BCUT2D eigenvalue weighted by Crippen LogP contribution is -2.25. The van der Waals surface area contributed by atoms with Crippen LogP contribution in [0.2, 0.25) is 5.02 Å². The first-order valence-electron chi connectivity index (χ1n) is 6.04. The predicted octanol–water partition coefficient (Wildman–Crippen LogP) is 4.18. The molecule has 1 nitrogen and oxygen atoms in total. The molecule has 1 N–H and O–H groups in total. The van der Waals surface area contributed by atoms with Crippen LogP contribution in [-0.4, -0.2) is 6.04 Å². The van der Waals surface area contributed by atoms with Crippen LogP contribution in [0, 0.1) is 5.41 Å². The molecule has 88 valence electrons. The first kappa shape index (κ1) is 11.9. The number of halogens is 1. The van der Waals surface area contributed by atoms with E-state index in [1.807, 2.05) is 12.1 Å². The molecule has 1 saturated carbocycles. The van der Waals surface area contributed by atoms with Gasteiger partial charge < -0.3 is 5.32 Å². The van der Waals surface area contributed by atoms with Gasteiger partial charge in [-0.25, -0.2) is 0 Å². The van der Waals surface area contributed by atoms with E-state index in [1.165, 1.54) is 12.0 Å². The summed E-state index contributed by atoms with van der Waals surface area (Å²) < 4.78 is 0. The van der Waals surface area contributed by atoms with Gasteiger partial charge in [0.05, 0.1) is 0 Å². The van der Waals surface area contributed by atoms with Gasteiger partial charge in [0.25, 0.3) is 0 Å². The van der Waals surface area contributed by atoms with Gasteiger partial charge in [-0.3, -0.25) is 0 Å². The minimum absolute atomic E-state index is 0.436. The molecule has 2 heteroatoms. The normalized spacial score (nSPS) is 24.1. The molecule has 1 aliphatic carbocycles. The van der Waals surface area contributed by atoms with Crippen molar-refractivity contribution in [2.45, 2.75) is 45.7 Å². The van der Waals surface area contributed by atoms with E-state index >= 15 is 0 Å². The molecular weight excluding hydrogens is 218 g/mol. The van der Waals surface area contributed by atoms with Crippen LogP contribution < -0.4 is 5.32 Å². The molecule has 2 atom stereocenters. The molecule has 16 heavy (non-hydrogen) atoms. The fourth-order valence-corrected chi connectivity index (χ4v) is 2.37. The maximum atomic E-state index is 6.03. The van der Waals surface area contributed by atoms with Crippen LogP contribution in [0.15, 0.2) is 24.3 Å². The summed E-state index contributed by atoms with van der Waals surface area (Å²) in [6.45, 7) is 6.85. The van der Waals surface area contributed by atoms with Crippen LogP contribution in [0.3, 0.4) is 0 Å². The van der Waals surface area contributed by atoms with Crippen molar-refractivity contribution in [1.82, 2.24) is 5.32 Å². The van der Waals surface area contributed by atoms with Crippen molar-refractivity contribution in [3.05, 3.63) is 34.9 Å². The maximum Gasteiger partial charge on any atom is 0.0409 e. The monoisotopic (exact) mass is 237 g/mol. The highest BCUT2D eigenvalue weighted by Crippen LogP contribution is 2.46. The Bertz CT molecular complexity index is 373. The van der Waals surface area contributed by atoms with E-state index in [9.17, 15) is 0 Å². The first-order chi connectivity index (χ1) is 7.53. The molecule has 0 aromatic heterocycles. The molecule has 1 aliphatic rings. The van der Waals surface area contributed by atoms with E-state index in [0.29, 0.717) is 17.5 Å². The average Bonchev–Trinajstić information content (AvgIpc) is 2.82. The maximum absolute atomic E-state index is 6.03. The fourth-order valence-electron chi connectivity index (χ4n) is 2.17. The van der Waals surface area contributed by atoms with Crippen molar-refractivity contribution in [3.63, 3.8) is 0 Å². The molecule has 1 fully saturated rings. The summed E-state index contributed by atoms with van der Waals surface area (Å²) in [5, 5.41) is 4.54. The molecule has 0 saturated heterocycles. The van der Waals surface area contributed by atoms with Gasteiger partial charge in [-0.05, 0) is 36.0 Å². The lowest BCUT2D eigenvalue weighted by Gasteiger charge is -2.19. The van der Waals surface area contributed by atoms with Gasteiger partial charge in [0.15, 0.2) is 0 Å². The molecule has 2 rings (SSSR count). The van der Waals surface area contributed by atoms with E-state index in [1.54, 1.807) is 0 Å². The van der Waals surface area contributed by atoms with Gasteiger partial charge in [0.1, 0.15) is 0 Å². The molecule has 0 spiro atoms. The number of benzene rings is 1. The number of rotatable bonds is 4. The van der Waals surface area contributed by atoms with Crippen LogP contribution in [0.5, 0.6) is 0 Å². The quantitative estimate of drug-likeness (QED) is 0.829. The van der Waals surface area contributed by atoms with Crippen molar-refractivity contribution in [1.29, 1.82) is 0 Å². The van der Waals surface area contributed by atoms with Crippen molar-refractivity contribution in [2.75, 3.05) is 0 Å². The third kappa shape index (κ3) is 2.58. The highest BCUT2D eigenvalue weighted by Gasteiger charge is 2.46. The number of nitrogens with one attached hydrogen (secondary N) is 1. The van der Waals surface area contributed by atoms with Gasteiger partial charge in [0.2, 0.25) is 0 Å². The van der Waals surface area contributed by atoms with E-state index < -0.39 is 0 Å². The zero-order valence-electron chi connectivity index (χ0n) is 10.3. The SMILES string of the molecule is CCC(NC1CC1(C)C)c1cccc(Cl)c1. The second-order valence-electron chi connectivity index (χ2n) is 5.43. The molecular formula is C14H20ClN. The van der Waals surface area contributed by atoms with Gasteiger partial charge in [-0.15, -0.1) is 0 Å². The zero-order chi connectivity index (χ0) is 11.8. The van der Waals surface area contributed by atoms with Gasteiger partial charge >= 0.3 is 0 Å². The second kappa shape index (κ2) is 4.38. The van der Waals surface area contributed by atoms with Crippen molar-refractivity contribution in [3.8, 4) is 0 Å². The standard InChI is InChI=1S/C14H20ClN/c1-4-12(16-13-9-14(13,2)3)10-6-5-7-11(15)8-10/h5-8,12-13,16H,4,9H2,1-3H3. The van der Waals surface area contributed by atoms with Crippen molar-refractivity contribution >= 4 is 11.6 Å².